The average Bonchev–Trinajstić information content (AvgIpc) is 2.72. The van der Waals surface area contributed by atoms with E-state index in [1.165, 1.54) is 0 Å². The van der Waals surface area contributed by atoms with Crippen LogP contribution in [0.4, 0.5) is 0 Å². The van der Waals surface area contributed by atoms with E-state index >= 15 is 0 Å². The van der Waals surface area contributed by atoms with E-state index in [-0.39, 0.29) is 6.04 Å². The van der Waals surface area contributed by atoms with E-state index < -0.39 is 0 Å². The Morgan fingerprint density at radius 1 is 1.24 bits per heavy atom. The molecule has 0 spiro atoms. The maximum Gasteiger partial charge on any atom is 0.193 e. The monoisotopic (exact) mass is 269 g/mol. The molecular weight excluding hydrogens is 257 g/mol. The second-order valence-electron chi connectivity index (χ2n) is 3.86. The smallest absolute Gasteiger partial charge is 0.193 e. The first-order chi connectivity index (χ1) is 8.15. The van der Waals surface area contributed by atoms with E-state index in [2.05, 4.69) is 12.2 Å². The number of furan rings is 1. The van der Waals surface area contributed by atoms with Gasteiger partial charge in [0.1, 0.15) is 5.76 Å². The van der Waals surface area contributed by atoms with E-state index in [1.807, 2.05) is 30.3 Å². The Bertz CT molecular complexity index is 496. The lowest BCUT2D eigenvalue weighted by molar-refractivity contribution is 0.462. The highest BCUT2D eigenvalue weighted by Crippen LogP contribution is 2.18. The molecule has 0 amide bonds. The summed E-state index contributed by atoms with van der Waals surface area (Å²) in [5.41, 5.74) is 1.15. The first-order valence-electron chi connectivity index (χ1n) is 5.38. The van der Waals surface area contributed by atoms with Gasteiger partial charge in [-0.2, -0.15) is 0 Å². The Morgan fingerprint density at radius 3 is 2.71 bits per heavy atom. The largest absolute Gasteiger partial charge is 0.448 e. The minimum absolute atomic E-state index is 0.206. The molecule has 0 radical (unpaired) electrons. The SMILES string of the molecule is CC(NCc1ccc(Cl)o1)c1cccc(Cl)c1. The van der Waals surface area contributed by atoms with Gasteiger partial charge in [-0.15, -0.1) is 0 Å². The molecule has 1 aromatic heterocycles. The normalized spacial score (nSPS) is 12.6. The second-order valence-corrected chi connectivity index (χ2v) is 4.67. The van der Waals surface area contributed by atoms with Crippen molar-refractivity contribution in [2.45, 2.75) is 19.5 Å². The van der Waals surface area contributed by atoms with Gasteiger partial charge in [-0.05, 0) is 48.4 Å². The highest BCUT2D eigenvalue weighted by atomic mass is 35.5. The molecule has 0 saturated carbocycles. The predicted octanol–water partition coefficient (Wildman–Crippen LogP) is 4.44. The molecule has 2 aromatic rings. The predicted molar refractivity (Wildman–Crippen MR) is 70.4 cm³/mol. The van der Waals surface area contributed by atoms with Gasteiger partial charge in [-0.25, -0.2) is 0 Å². The molecule has 0 aliphatic carbocycles. The third-order valence-electron chi connectivity index (χ3n) is 2.56. The van der Waals surface area contributed by atoms with Crippen LogP contribution in [0.5, 0.6) is 0 Å². The lowest BCUT2D eigenvalue weighted by Crippen LogP contribution is -2.17. The zero-order valence-electron chi connectivity index (χ0n) is 9.41. The summed E-state index contributed by atoms with van der Waals surface area (Å²) in [7, 11) is 0. The molecule has 17 heavy (non-hydrogen) atoms. The lowest BCUT2D eigenvalue weighted by atomic mass is 10.1. The minimum Gasteiger partial charge on any atom is -0.448 e. The fourth-order valence-electron chi connectivity index (χ4n) is 1.59. The summed E-state index contributed by atoms with van der Waals surface area (Å²) in [6.07, 6.45) is 0. The molecule has 1 unspecified atom stereocenters. The Kier molecular flexibility index (Phi) is 4.11. The van der Waals surface area contributed by atoms with Gasteiger partial charge < -0.3 is 9.73 Å². The zero-order chi connectivity index (χ0) is 12.3. The van der Waals surface area contributed by atoms with Crippen molar-refractivity contribution in [1.82, 2.24) is 5.32 Å². The highest BCUT2D eigenvalue weighted by Gasteiger charge is 2.06. The Balaban J connectivity index is 1.95. The maximum atomic E-state index is 5.95. The number of rotatable bonds is 4. The van der Waals surface area contributed by atoms with Crippen molar-refractivity contribution in [2.75, 3.05) is 0 Å². The van der Waals surface area contributed by atoms with Gasteiger partial charge in [-0.3, -0.25) is 0 Å². The first kappa shape index (κ1) is 12.5. The van der Waals surface area contributed by atoms with Gasteiger partial charge in [0.2, 0.25) is 0 Å². The van der Waals surface area contributed by atoms with Crippen LogP contribution in [0.1, 0.15) is 24.3 Å². The summed E-state index contributed by atoms with van der Waals surface area (Å²) in [5, 5.41) is 4.51. The third-order valence-corrected chi connectivity index (χ3v) is 3.00. The van der Waals surface area contributed by atoms with Crippen molar-refractivity contribution in [3.63, 3.8) is 0 Å². The lowest BCUT2D eigenvalue weighted by Gasteiger charge is -2.13. The average molecular weight is 270 g/mol. The van der Waals surface area contributed by atoms with E-state index in [4.69, 9.17) is 27.6 Å². The van der Waals surface area contributed by atoms with E-state index in [0.29, 0.717) is 11.8 Å². The Morgan fingerprint density at radius 2 is 2.06 bits per heavy atom. The third kappa shape index (κ3) is 3.50. The second kappa shape index (κ2) is 5.58. The molecule has 90 valence electrons. The molecule has 1 atom stereocenters. The Labute approximate surface area is 111 Å². The van der Waals surface area contributed by atoms with E-state index in [0.717, 1.165) is 16.3 Å². The van der Waals surface area contributed by atoms with Gasteiger partial charge in [-0.1, -0.05) is 23.7 Å². The number of halogens is 2. The molecule has 0 aliphatic heterocycles. The summed E-state index contributed by atoms with van der Waals surface area (Å²) in [5.74, 6) is 0.823. The number of benzene rings is 1. The first-order valence-corrected chi connectivity index (χ1v) is 6.14. The molecule has 4 heteroatoms. The van der Waals surface area contributed by atoms with Crippen LogP contribution in [0.3, 0.4) is 0 Å². The molecular formula is C13H13Cl2NO. The van der Waals surface area contributed by atoms with Crippen molar-refractivity contribution in [3.05, 3.63) is 58.0 Å². The van der Waals surface area contributed by atoms with Crippen molar-refractivity contribution >= 4 is 23.2 Å². The van der Waals surface area contributed by atoms with Crippen molar-refractivity contribution in [1.29, 1.82) is 0 Å². The molecule has 1 aromatic carbocycles. The minimum atomic E-state index is 0.206. The molecule has 2 rings (SSSR count). The summed E-state index contributed by atoms with van der Waals surface area (Å²) >= 11 is 11.6. The molecule has 1 heterocycles. The van der Waals surface area contributed by atoms with Crippen molar-refractivity contribution in [2.24, 2.45) is 0 Å². The van der Waals surface area contributed by atoms with Gasteiger partial charge in [0.05, 0.1) is 6.54 Å². The van der Waals surface area contributed by atoms with Crippen LogP contribution >= 0.6 is 23.2 Å². The quantitative estimate of drug-likeness (QED) is 0.888. The Hall–Kier alpha value is -0.960. The van der Waals surface area contributed by atoms with E-state index in [9.17, 15) is 0 Å². The highest BCUT2D eigenvalue weighted by molar-refractivity contribution is 6.30. The van der Waals surface area contributed by atoms with Crippen LogP contribution in [0.15, 0.2) is 40.8 Å². The number of hydrogen-bond donors (Lipinski definition) is 1. The van der Waals surface area contributed by atoms with Gasteiger partial charge in [0.25, 0.3) is 0 Å². The standard InChI is InChI=1S/C13H13Cl2NO/c1-9(10-3-2-4-11(14)7-10)16-8-12-5-6-13(15)17-12/h2-7,9,16H,8H2,1H3. The van der Waals surface area contributed by atoms with Gasteiger partial charge in [0.15, 0.2) is 5.22 Å². The van der Waals surface area contributed by atoms with Gasteiger partial charge in [0, 0.05) is 11.1 Å². The zero-order valence-corrected chi connectivity index (χ0v) is 10.9. The molecule has 1 N–H and O–H groups in total. The van der Waals surface area contributed by atoms with Crippen LogP contribution in [0.25, 0.3) is 0 Å². The summed E-state index contributed by atoms with van der Waals surface area (Å²) < 4.78 is 5.27. The number of hydrogen-bond acceptors (Lipinski definition) is 2. The van der Waals surface area contributed by atoms with Crippen LogP contribution in [0.2, 0.25) is 10.2 Å². The number of nitrogens with one attached hydrogen (secondary N) is 1. The summed E-state index contributed by atoms with van der Waals surface area (Å²) in [6, 6.07) is 11.6. The van der Waals surface area contributed by atoms with Crippen LogP contribution in [-0.4, -0.2) is 0 Å². The van der Waals surface area contributed by atoms with Crippen LogP contribution in [0, 0.1) is 0 Å². The maximum absolute atomic E-state index is 5.95. The summed E-state index contributed by atoms with van der Waals surface area (Å²) in [6.45, 7) is 2.72. The molecule has 0 aliphatic rings. The fraction of sp³-hybridized carbons (Fsp3) is 0.231. The topological polar surface area (TPSA) is 25.2 Å². The molecule has 2 nitrogen and oxygen atoms in total. The van der Waals surface area contributed by atoms with E-state index in [1.54, 1.807) is 6.07 Å². The molecule has 0 bridgehead atoms. The van der Waals surface area contributed by atoms with Crippen LogP contribution in [-0.2, 0) is 6.54 Å². The van der Waals surface area contributed by atoms with Crippen LogP contribution < -0.4 is 5.32 Å². The van der Waals surface area contributed by atoms with Gasteiger partial charge >= 0.3 is 0 Å². The summed E-state index contributed by atoms with van der Waals surface area (Å²) in [4.78, 5) is 0. The van der Waals surface area contributed by atoms with Crippen molar-refractivity contribution in [3.8, 4) is 0 Å². The molecule has 0 fully saturated rings. The molecule has 0 saturated heterocycles. The van der Waals surface area contributed by atoms with Crippen molar-refractivity contribution < 1.29 is 4.42 Å². The fourth-order valence-corrected chi connectivity index (χ4v) is 1.96.